The molecule has 3 nitrogen and oxygen atoms in total. The van der Waals surface area contributed by atoms with E-state index in [0.29, 0.717) is 36.0 Å². The normalized spacial score (nSPS) is 18.0. The van der Waals surface area contributed by atoms with Crippen molar-refractivity contribution >= 4 is 17.2 Å². The number of methoxy groups -OCH3 is 1. The maximum atomic E-state index is 6.23. The molecule has 1 unspecified atom stereocenters. The molecule has 21 heavy (non-hydrogen) atoms. The van der Waals surface area contributed by atoms with Crippen LogP contribution in [0, 0.1) is 11.8 Å². The van der Waals surface area contributed by atoms with Crippen LogP contribution in [0.25, 0.3) is 5.57 Å². The summed E-state index contributed by atoms with van der Waals surface area (Å²) < 4.78 is 10.7. The first kappa shape index (κ1) is 16.3. The largest absolute Gasteiger partial charge is 0.490 e. The lowest BCUT2D eigenvalue weighted by Gasteiger charge is -2.29. The van der Waals surface area contributed by atoms with E-state index >= 15 is 0 Å². The molecular formula is C17H24ClNO2. The molecule has 1 aliphatic carbocycles. The SMILES string of the molecule is C=C1CC(C(C)C)Cc2cc(OCCCOC)c(Cl)nc21. The highest BCUT2D eigenvalue weighted by Crippen LogP contribution is 2.38. The second-order valence-corrected chi connectivity index (χ2v) is 6.35. The van der Waals surface area contributed by atoms with Crippen LogP contribution >= 0.6 is 11.6 Å². The van der Waals surface area contributed by atoms with Gasteiger partial charge in [-0.1, -0.05) is 32.0 Å². The molecule has 0 radical (unpaired) electrons. The molecule has 0 aromatic carbocycles. The van der Waals surface area contributed by atoms with Crippen molar-refractivity contribution in [3.05, 3.63) is 29.1 Å². The molecule has 1 aromatic heterocycles. The Morgan fingerprint density at radius 3 is 2.81 bits per heavy atom. The molecule has 0 saturated heterocycles. The topological polar surface area (TPSA) is 31.4 Å². The third kappa shape index (κ3) is 3.98. The Morgan fingerprint density at radius 1 is 1.38 bits per heavy atom. The Morgan fingerprint density at radius 2 is 2.14 bits per heavy atom. The van der Waals surface area contributed by atoms with Gasteiger partial charge in [-0.3, -0.25) is 0 Å². The summed E-state index contributed by atoms with van der Waals surface area (Å²) in [4.78, 5) is 4.50. The van der Waals surface area contributed by atoms with Crippen molar-refractivity contribution in [3.8, 4) is 5.75 Å². The zero-order chi connectivity index (χ0) is 15.4. The van der Waals surface area contributed by atoms with E-state index in [4.69, 9.17) is 21.1 Å². The summed E-state index contributed by atoms with van der Waals surface area (Å²) >= 11 is 6.23. The Kier molecular flexibility index (Phi) is 5.65. The van der Waals surface area contributed by atoms with Crippen LogP contribution in [0.4, 0.5) is 0 Å². The quantitative estimate of drug-likeness (QED) is 0.577. The number of hydrogen-bond donors (Lipinski definition) is 0. The summed E-state index contributed by atoms with van der Waals surface area (Å²) in [5.41, 5.74) is 3.25. The van der Waals surface area contributed by atoms with Crippen LogP contribution in [0.1, 0.15) is 37.9 Å². The van der Waals surface area contributed by atoms with Crippen molar-refractivity contribution < 1.29 is 9.47 Å². The third-order valence-corrected chi connectivity index (χ3v) is 4.31. The van der Waals surface area contributed by atoms with Gasteiger partial charge >= 0.3 is 0 Å². The predicted molar refractivity (Wildman–Crippen MR) is 86.9 cm³/mol. The lowest BCUT2D eigenvalue weighted by Crippen LogP contribution is -2.19. The van der Waals surface area contributed by atoms with Gasteiger partial charge < -0.3 is 9.47 Å². The van der Waals surface area contributed by atoms with Crippen molar-refractivity contribution in [2.24, 2.45) is 11.8 Å². The summed E-state index contributed by atoms with van der Waals surface area (Å²) in [6, 6.07) is 2.04. The van der Waals surface area contributed by atoms with E-state index in [0.717, 1.165) is 30.5 Å². The number of nitrogens with zero attached hydrogens (tertiary/aromatic N) is 1. The van der Waals surface area contributed by atoms with E-state index < -0.39 is 0 Å². The number of hydrogen-bond acceptors (Lipinski definition) is 3. The average Bonchev–Trinajstić information content (AvgIpc) is 2.44. The predicted octanol–water partition coefficient (Wildman–Crippen LogP) is 4.38. The van der Waals surface area contributed by atoms with Gasteiger partial charge in [-0.2, -0.15) is 0 Å². The van der Waals surface area contributed by atoms with Gasteiger partial charge in [0.05, 0.1) is 12.3 Å². The summed E-state index contributed by atoms with van der Waals surface area (Å²) in [6.45, 7) is 9.95. The molecule has 0 bridgehead atoms. The van der Waals surface area contributed by atoms with E-state index in [2.05, 4.69) is 25.4 Å². The Hall–Kier alpha value is -1.06. The third-order valence-electron chi connectivity index (χ3n) is 4.04. The van der Waals surface area contributed by atoms with Crippen LogP contribution in [0.15, 0.2) is 12.6 Å². The molecule has 0 saturated carbocycles. The summed E-state index contributed by atoms with van der Waals surface area (Å²) in [5.74, 6) is 1.93. The molecule has 0 spiro atoms. The first-order valence-corrected chi connectivity index (χ1v) is 7.90. The Bertz CT molecular complexity index is 514. The molecule has 116 valence electrons. The fourth-order valence-corrected chi connectivity index (χ4v) is 2.89. The van der Waals surface area contributed by atoms with Crippen molar-refractivity contribution in [2.45, 2.75) is 33.1 Å². The van der Waals surface area contributed by atoms with Crippen molar-refractivity contribution in [3.63, 3.8) is 0 Å². The fourth-order valence-electron chi connectivity index (χ4n) is 2.70. The maximum Gasteiger partial charge on any atom is 0.171 e. The van der Waals surface area contributed by atoms with Crippen LogP contribution in [-0.4, -0.2) is 25.3 Å². The van der Waals surface area contributed by atoms with Crippen LogP contribution in [-0.2, 0) is 11.2 Å². The molecule has 0 fully saturated rings. The van der Waals surface area contributed by atoms with Gasteiger partial charge in [-0.05, 0) is 41.9 Å². The number of allylic oxidation sites excluding steroid dienone is 1. The monoisotopic (exact) mass is 309 g/mol. The summed E-state index contributed by atoms with van der Waals surface area (Å²) in [5, 5.41) is 0.426. The second-order valence-electron chi connectivity index (χ2n) is 6.00. The molecule has 1 atom stereocenters. The minimum Gasteiger partial charge on any atom is -0.490 e. The Balaban J connectivity index is 2.16. The van der Waals surface area contributed by atoms with Gasteiger partial charge in [-0.15, -0.1) is 0 Å². The number of halogens is 1. The summed E-state index contributed by atoms with van der Waals surface area (Å²) in [7, 11) is 1.69. The second kappa shape index (κ2) is 7.28. The van der Waals surface area contributed by atoms with Gasteiger partial charge in [0.15, 0.2) is 10.9 Å². The van der Waals surface area contributed by atoms with Crippen LogP contribution in [0.5, 0.6) is 5.75 Å². The van der Waals surface area contributed by atoms with Crippen LogP contribution in [0.3, 0.4) is 0 Å². The maximum absolute atomic E-state index is 6.23. The van der Waals surface area contributed by atoms with Crippen molar-refractivity contribution in [2.75, 3.05) is 20.3 Å². The van der Waals surface area contributed by atoms with E-state index in [-0.39, 0.29) is 0 Å². The molecule has 1 heterocycles. The zero-order valence-electron chi connectivity index (χ0n) is 13.1. The highest BCUT2D eigenvalue weighted by molar-refractivity contribution is 6.30. The average molecular weight is 310 g/mol. The highest BCUT2D eigenvalue weighted by atomic mass is 35.5. The molecule has 1 aliphatic rings. The first-order chi connectivity index (χ1) is 10.0. The van der Waals surface area contributed by atoms with Crippen molar-refractivity contribution in [1.82, 2.24) is 4.98 Å². The highest BCUT2D eigenvalue weighted by Gasteiger charge is 2.26. The number of ether oxygens (including phenoxy) is 2. The fraction of sp³-hybridized carbons (Fsp3) is 0.588. The molecule has 0 N–H and O–H groups in total. The van der Waals surface area contributed by atoms with Gasteiger partial charge in [0, 0.05) is 20.1 Å². The van der Waals surface area contributed by atoms with Crippen LogP contribution < -0.4 is 4.74 Å². The summed E-state index contributed by atoms with van der Waals surface area (Å²) in [6.07, 6.45) is 2.86. The standard InChI is InChI=1S/C17H24ClNO2/c1-11(2)13-8-12(3)16-14(9-13)10-15(17(18)19-16)21-7-5-6-20-4/h10-11,13H,3,5-9H2,1-2,4H3. The lowest BCUT2D eigenvalue weighted by atomic mass is 9.78. The smallest absolute Gasteiger partial charge is 0.171 e. The van der Waals surface area contributed by atoms with Gasteiger partial charge in [0.25, 0.3) is 0 Å². The Labute approximate surface area is 132 Å². The van der Waals surface area contributed by atoms with Crippen LogP contribution in [0.2, 0.25) is 5.15 Å². The molecule has 0 aliphatic heterocycles. The molecule has 0 amide bonds. The van der Waals surface area contributed by atoms with Crippen molar-refractivity contribution in [1.29, 1.82) is 0 Å². The van der Waals surface area contributed by atoms with Gasteiger partial charge in [0.1, 0.15) is 0 Å². The lowest BCUT2D eigenvalue weighted by molar-refractivity contribution is 0.172. The first-order valence-electron chi connectivity index (χ1n) is 7.52. The van der Waals surface area contributed by atoms with Gasteiger partial charge in [-0.25, -0.2) is 4.98 Å². The zero-order valence-corrected chi connectivity index (χ0v) is 13.9. The minimum absolute atomic E-state index is 0.426. The molecule has 4 heteroatoms. The number of rotatable bonds is 6. The van der Waals surface area contributed by atoms with E-state index in [1.54, 1.807) is 7.11 Å². The number of pyridine rings is 1. The van der Waals surface area contributed by atoms with E-state index in [1.165, 1.54) is 5.56 Å². The van der Waals surface area contributed by atoms with E-state index in [1.807, 2.05) is 6.07 Å². The number of fused-ring (bicyclic) bond motifs is 1. The molecular weight excluding hydrogens is 286 g/mol. The molecule has 1 aromatic rings. The van der Waals surface area contributed by atoms with E-state index in [9.17, 15) is 0 Å². The van der Waals surface area contributed by atoms with Gasteiger partial charge in [0.2, 0.25) is 0 Å². The number of aromatic nitrogens is 1. The minimum atomic E-state index is 0.426. The molecule has 2 rings (SSSR count).